The molecular weight excluding hydrogens is 348 g/mol. The van der Waals surface area contributed by atoms with Crippen LogP contribution in [0.3, 0.4) is 0 Å². The maximum atomic E-state index is 11.0. The predicted octanol–water partition coefficient (Wildman–Crippen LogP) is -2.96. The highest BCUT2D eigenvalue weighted by Gasteiger charge is 2.35. The van der Waals surface area contributed by atoms with Gasteiger partial charge in [-0.1, -0.05) is 6.92 Å². The van der Waals surface area contributed by atoms with Crippen molar-refractivity contribution in [3.8, 4) is 0 Å². The monoisotopic (exact) mass is 368 g/mol. The molecule has 11 nitrogen and oxygen atoms in total. The molecule has 4 atom stereocenters. The van der Waals surface area contributed by atoms with Crippen LogP contribution in [0.25, 0.3) is 0 Å². The molecule has 0 fully saturated rings. The molecule has 6 N–H and O–H groups in total. The van der Waals surface area contributed by atoms with Crippen molar-refractivity contribution in [3.63, 3.8) is 0 Å². The van der Waals surface area contributed by atoms with Gasteiger partial charge < -0.3 is 30.0 Å². The Morgan fingerprint density at radius 2 is 1.55 bits per heavy atom. The summed E-state index contributed by atoms with van der Waals surface area (Å²) >= 11 is 0. The van der Waals surface area contributed by atoms with Gasteiger partial charge in [0.25, 0.3) is 0 Å². The predicted molar refractivity (Wildman–Crippen MR) is 75.9 cm³/mol. The van der Waals surface area contributed by atoms with Gasteiger partial charge >= 0.3 is 16.4 Å². The molecule has 0 bridgehead atoms. The Balaban J connectivity index is -0.000000520. The Labute approximate surface area is 133 Å². The first-order valence-corrected chi connectivity index (χ1v) is 6.89. The van der Waals surface area contributed by atoms with E-state index in [4.69, 9.17) is 27.7 Å². The molecule has 0 aliphatic rings. The molecule has 0 aliphatic carbocycles. The molecule has 22 heavy (non-hydrogen) atoms. The Morgan fingerprint density at radius 3 is 1.86 bits per heavy atom. The van der Waals surface area contributed by atoms with Crippen molar-refractivity contribution >= 4 is 36.2 Å². The van der Waals surface area contributed by atoms with Gasteiger partial charge in [0, 0.05) is 0 Å². The fourth-order valence-electron chi connectivity index (χ4n) is 0.897. The van der Waals surface area contributed by atoms with E-state index < -0.39 is 40.8 Å². The summed E-state index contributed by atoms with van der Waals surface area (Å²) in [5, 5.41) is 36.4. The minimum absolute atomic E-state index is 0. The van der Waals surface area contributed by atoms with E-state index in [0.717, 1.165) is 0 Å². The van der Waals surface area contributed by atoms with Crippen LogP contribution in [-0.2, 0) is 24.7 Å². The van der Waals surface area contributed by atoms with Crippen molar-refractivity contribution in [1.29, 1.82) is 0 Å². The lowest BCUT2D eigenvalue weighted by Gasteiger charge is -2.22. The summed E-state index contributed by atoms with van der Waals surface area (Å²) in [6, 6.07) is 0. The summed E-state index contributed by atoms with van der Waals surface area (Å²) in [4.78, 5) is 21.1. The van der Waals surface area contributed by atoms with E-state index in [2.05, 4.69) is 4.74 Å². The third kappa shape index (κ3) is 14.2. The van der Waals surface area contributed by atoms with Gasteiger partial charge in [0.15, 0.2) is 12.4 Å². The lowest BCUT2D eigenvalue weighted by Crippen LogP contribution is -2.48. The molecule has 0 aromatic rings. The molecule has 0 radical (unpaired) electrons. The molecule has 0 spiro atoms. The van der Waals surface area contributed by atoms with E-state index in [1.54, 1.807) is 6.92 Å². The van der Waals surface area contributed by atoms with Crippen LogP contribution in [0.15, 0.2) is 0 Å². The molecule has 0 aromatic heterocycles. The van der Waals surface area contributed by atoms with E-state index in [-0.39, 0.29) is 26.4 Å². The standard InChI is InChI=1S/C9H16O7.H2O4S.H2S/c1-2-3-16-9(15)8(14)7(13)6(12)5(11)4-10;1-5(2,3)4;/h4-8,11-14H,2-3H2,1H3;(H2,1,2,3,4);1H2. The summed E-state index contributed by atoms with van der Waals surface area (Å²) in [6.07, 6.45) is -7.28. The Bertz CT molecular complexity index is 402. The maximum absolute atomic E-state index is 11.0. The summed E-state index contributed by atoms with van der Waals surface area (Å²) in [6.45, 7) is 1.80. The molecule has 0 aromatic carbocycles. The average Bonchev–Trinajstić information content (AvgIpc) is 2.39. The number of esters is 1. The zero-order valence-electron chi connectivity index (χ0n) is 11.4. The lowest BCUT2D eigenvalue weighted by molar-refractivity contribution is -0.169. The quantitative estimate of drug-likeness (QED) is 0.152. The van der Waals surface area contributed by atoms with Crippen molar-refractivity contribution < 1.29 is 52.3 Å². The number of hydrogen-bond donors (Lipinski definition) is 6. The van der Waals surface area contributed by atoms with Crippen LogP contribution in [0.4, 0.5) is 0 Å². The van der Waals surface area contributed by atoms with Crippen LogP contribution in [0, 0.1) is 0 Å². The third-order valence-corrected chi connectivity index (χ3v) is 1.85. The van der Waals surface area contributed by atoms with E-state index in [1.807, 2.05) is 0 Å². The summed E-state index contributed by atoms with van der Waals surface area (Å²) in [7, 11) is -4.67. The number of carbonyl (C=O) groups is 2. The Morgan fingerprint density at radius 1 is 1.14 bits per heavy atom. The number of aliphatic hydroxyl groups is 4. The highest BCUT2D eigenvalue weighted by Crippen LogP contribution is 2.05. The molecule has 0 saturated carbocycles. The Kier molecular flexibility index (Phi) is 15.1. The molecule has 13 heteroatoms. The summed E-state index contributed by atoms with van der Waals surface area (Å²) < 4.78 is 36.1. The first kappa shape index (κ1) is 26.1. The van der Waals surface area contributed by atoms with Gasteiger partial charge in [0.2, 0.25) is 0 Å². The smallest absolute Gasteiger partial charge is 0.394 e. The second-order valence-electron chi connectivity index (χ2n) is 3.67. The molecule has 0 heterocycles. The van der Waals surface area contributed by atoms with Gasteiger partial charge in [0.05, 0.1) is 6.61 Å². The van der Waals surface area contributed by atoms with Crippen molar-refractivity contribution in [2.24, 2.45) is 0 Å². The van der Waals surface area contributed by atoms with Gasteiger partial charge in [-0.3, -0.25) is 9.11 Å². The highest BCUT2D eigenvalue weighted by atomic mass is 32.3. The average molecular weight is 368 g/mol. The Hall–Kier alpha value is -0.800. The van der Waals surface area contributed by atoms with Crippen molar-refractivity contribution in [2.75, 3.05) is 6.61 Å². The molecule has 134 valence electrons. The highest BCUT2D eigenvalue weighted by molar-refractivity contribution is 7.79. The SMILES string of the molecule is CCCOC(=O)C(O)C(O)C(O)C(O)C=O.O=S(=O)(O)O.S. The van der Waals surface area contributed by atoms with Crippen LogP contribution < -0.4 is 0 Å². The number of carbonyl (C=O) groups excluding carboxylic acids is 2. The van der Waals surface area contributed by atoms with Crippen molar-refractivity contribution in [2.45, 2.75) is 37.8 Å². The van der Waals surface area contributed by atoms with Crippen molar-refractivity contribution in [1.82, 2.24) is 0 Å². The van der Waals surface area contributed by atoms with Crippen LogP contribution >= 0.6 is 13.5 Å². The summed E-state index contributed by atoms with van der Waals surface area (Å²) in [5.74, 6) is -1.12. The van der Waals surface area contributed by atoms with Gasteiger partial charge in [-0.2, -0.15) is 21.9 Å². The largest absolute Gasteiger partial charge is 0.464 e. The molecule has 0 rings (SSSR count). The summed E-state index contributed by atoms with van der Waals surface area (Å²) in [5.41, 5.74) is 0. The fraction of sp³-hybridized carbons (Fsp3) is 0.778. The second-order valence-corrected chi connectivity index (χ2v) is 4.56. The van der Waals surface area contributed by atoms with E-state index in [1.165, 1.54) is 0 Å². The van der Waals surface area contributed by atoms with Crippen LogP contribution in [0.5, 0.6) is 0 Å². The third-order valence-electron chi connectivity index (χ3n) is 1.85. The van der Waals surface area contributed by atoms with Crippen LogP contribution in [0.2, 0.25) is 0 Å². The first-order valence-electron chi connectivity index (χ1n) is 5.49. The minimum Gasteiger partial charge on any atom is -0.464 e. The van der Waals surface area contributed by atoms with Crippen LogP contribution in [0.1, 0.15) is 13.3 Å². The number of aldehydes is 1. The van der Waals surface area contributed by atoms with Crippen LogP contribution in [-0.4, -0.2) is 81.2 Å². The fourth-order valence-corrected chi connectivity index (χ4v) is 0.897. The number of rotatable bonds is 7. The number of ether oxygens (including phenoxy) is 1. The zero-order valence-corrected chi connectivity index (χ0v) is 13.3. The molecular formula is C9H20O11S2. The van der Waals surface area contributed by atoms with E-state index >= 15 is 0 Å². The van der Waals surface area contributed by atoms with E-state index in [9.17, 15) is 19.8 Å². The van der Waals surface area contributed by atoms with Gasteiger partial charge in [-0.25, -0.2) is 4.79 Å². The molecule has 0 saturated heterocycles. The minimum atomic E-state index is -4.67. The van der Waals surface area contributed by atoms with Crippen molar-refractivity contribution in [3.05, 3.63) is 0 Å². The molecule has 0 aliphatic heterocycles. The zero-order chi connectivity index (χ0) is 17.2. The second kappa shape index (κ2) is 12.7. The maximum Gasteiger partial charge on any atom is 0.394 e. The molecule has 4 unspecified atom stereocenters. The number of hydrogen-bond acceptors (Lipinski definition) is 9. The lowest BCUT2D eigenvalue weighted by atomic mass is 10.0. The topological polar surface area (TPSA) is 199 Å². The van der Waals surface area contributed by atoms with E-state index in [0.29, 0.717) is 6.42 Å². The number of aliphatic hydroxyl groups excluding tert-OH is 4. The van der Waals surface area contributed by atoms with Gasteiger partial charge in [-0.05, 0) is 6.42 Å². The molecule has 0 amide bonds. The van der Waals surface area contributed by atoms with Gasteiger partial charge in [0.1, 0.15) is 18.3 Å². The van der Waals surface area contributed by atoms with Gasteiger partial charge in [-0.15, -0.1) is 0 Å². The first-order chi connectivity index (χ1) is 9.45. The normalized spacial score (nSPS) is 16.0.